The Kier molecular flexibility index (Phi) is 7.05. The third kappa shape index (κ3) is 4.36. The van der Waals surface area contributed by atoms with Gasteiger partial charge in [-0.15, -0.1) is 0 Å². The van der Waals surface area contributed by atoms with E-state index in [4.69, 9.17) is 9.47 Å². The number of nitrogens with zero attached hydrogens (tertiary/aromatic N) is 2. The fourth-order valence-corrected chi connectivity index (χ4v) is 8.77. The SMILES string of the molecule is CC(=O)O[C@@]12CC[C@@H](N(C)C(=O)C#Cc3ccc(C)c(C)c3)[C@@H]3Oc4cccc5c4[C@@]31CCN(CCc1ccccc1)[C@@H]2C5. The van der Waals surface area contributed by atoms with Crippen LogP contribution in [-0.4, -0.2) is 65.6 Å². The molecule has 44 heavy (non-hydrogen) atoms. The molecule has 6 heteroatoms. The molecule has 226 valence electrons. The van der Waals surface area contributed by atoms with Gasteiger partial charge in [0.05, 0.1) is 17.5 Å². The Labute approximate surface area is 260 Å². The molecule has 0 aromatic heterocycles. The van der Waals surface area contributed by atoms with Gasteiger partial charge in [0, 0.05) is 37.6 Å². The molecule has 0 unspecified atom stereocenters. The number of carbonyl (C=O) groups excluding carboxylic acids is 2. The van der Waals surface area contributed by atoms with Crippen LogP contribution in [0.25, 0.3) is 0 Å². The molecule has 0 radical (unpaired) electrons. The van der Waals surface area contributed by atoms with Gasteiger partial charge in [0.1, 0.15) is 17.5 Å². The molecule has 0 N–H and O–H groups in total. The maximum absolute atomic E-state index is 13.6. The lowest BCUT2D eigenvalue weighted by atomic mass is 9.48. The van der Waals surface area contributed by atoms with Crippen molar-refractivity contribution in [2.45, 2.75) is 82.1 Å². The number of esters is 1. The van der Waals surface area contributed by atoms with Crippen LogP contribution in [0.2, 0.25) is 0 Å². The van der Waals surface area contributed by atoms with Crippen molar-refractivity contribution in [1.29, 1.82) is 0 Å². The van der Waals surface area contributed by atoms with Crippen LogP contribution in [0.4, 0.5) is 0 Å². The van der Waals surface area contributed by atoms with Gasteiger partial charge >= 0.3 is 5.97 Å². The average Bonchev–Trinajstić information content (AvgIpc) is 3.36. The van der Waals surface area contributed by atoms with Crippen LogP contribution < -0.4 is 4.74 Å². The van der Waals surface area contributed by atoms with Gasteiger partial charge in [-0.25, -0.2) is 0 Å². The number of amides is 1. The highest BCUT2D eigenvalue weighted by Crippen LogP contribution is 2.65. The highest BCUT2D eigenvalue weighted by molar-refractivity contribution is 5.94. The largest absolute Gasteiger partial charge is 0.487 e. The van der Waals surface area contributed by atoms with Gasteiger partial charge in [-0.2, -0.15) is 0 Å². The fourth-order valence-electron chi connectivity index (χ4n) is 8.77. The Morgan fingerprint density at radius 1 is 1.05 bits per heavy atom. The van der Waals surface area contributed by atoms with Crippen molar-refractivity contribution in [3.8, 4) is 17.6 Å². The summed E-state index contributed by atoms with van der Waals surface area (Å²) >= 11 is 0. The topological polar surface area (TPSA) is 59.1 Å². The van der Waals surface area contributed by atoms with E-state index in [2.05, 4.69) is 73.1 Å². The number of hydrogen-bond acceptors (Lipinski definition) is 5. The van der Waals surface area contributed by atoms with E-state index in [9.17, 15) is 9.59 Å². The molecule has 3 aromatic rings. The zero-order chi connectivity index (χ0) is 30.6. The Morgan fingerprint density at radius 3 is 2.64 bits per heavy atom. The summed E-state index contributed by atoms with van der Waals surface area (Å²) in [5.74, 6) is 6.38. The summed E-state index contributed by atoms with van der Waals surface area (Å²) in [6.45, 7) is 7.43. The van der Waals surface area contributed by atoms with Crippen LogP contribution in [0.15, 0.2) is 66.7 Å². The van der Waals surface area contributed by atoms with E-state index < -0.39 is 11.0 Å². The van der Waals surface area contributed by atoms with E-state index in [0.717, 1.165) is 49.2 Å². The lowest BCUT2D eigenvalue weighted by molar-refractivity contribution is -0.223. The zero-order valence-electron chi connectivity index (χ0n) is 26.1. The maximum atomic E-state index is 13.6. The molecule has 3 aromatic carbocycles. The van der Waals surface area contributed by atoms with E-state index in [0.29, 0.717) is 12.8 Å². The minimum absolute atomic E-state index is 0.0299. The van der Waals surface area contributed by atoms with Gasteiger partial charge in [0.2, 0.25) is 0 Å². The predicted octanol–water partition coefficient (Wildman–Crippen LogP) is 5.15. The van der Waals surface area contributed by atoms with Gasteiger partial charge < -0.3 is 14.4 Å². The number of aryl methyl sites for hydroxylation is 2. The molecule has 2 bridgehead atoms. The predicted molar refractivity (Wildman–Crippen MR) is 169 cm³/mol. The summed E-state index contributed by atoms with van der Waals surface area (Å²) in [4.78, 5) is 30.9. The first-order valence-corrected chi connectivity index (χ1v) is 15.9. The van der Waals surface area contributed by atoms with Crippen LogP contribution >= 0.6 is 0 Å². The Bertz CT molecular complexity index is 1690. The molecule has 1 saturated heterocycles. The van der Waals surface area contributed by atoms with Crippen molar-refractivity contribution in [2.24, 2.45) is 0 Å². The molecule has 2 heterocycles. The number of benzene rings is 3. The Morgan fingerprint density at radius 2 is 1.86 bits per heavy atom. The second kappa shape index (κ2) is 10.8. The number of rotatable bonds is 5. The van der Waals surface area contributed by atoms with Gasteiger partial charge in [-0.1, -0.05) is 54.5 Å². The van der Waals surface area contributed by atoms with Gasteiger partial charge in [0.25, 0.3) is 5.91 Å². The molecular weight excluding hydrogens is 548 g/mol. The maximum Gasteiger partial charge on any atom is 0.303 e. The van der Waals surface area contributed by atoms with Crippen LogP contribution in [0, 0.1) is 25.7 Å². The molecular formula is C38H40N2O4. The lowest BCUT2D eigenvalue weighted by Gasteiger charge is -2.65. The van der Waals surface area contributed by atoms with E-state index in [1.165, 1.54) is 29.2 Å². The molecule has 6 nitrogen and oxygen atoms in total. The van der Waals surface area contributed by atoms with E-state index in [-0.39, 0.29) is 30.1 Å². The Balaban J connectivity index is 1.25. The average molecular weight is 589 g/mol. The van der Waals surface area contributed by atoms with Crippen LogP contribution in [0.3, 0.4) is 0 Å². The third-order valence-electron chi connectivity index (χ3n) is 10.9. The first kappa shape index (κ1) is 28.7. The van der Waals surface area contributed by atoms with Crippen molar-refractivity contribution < 1.29 is 19.1 Å². The zero-order valence-corrected chi connectivity index (χ0v) is 26.1. The van der Waals surface area contributed by atoms with E-state index in [1.54, 1.807) is 4.90 Å². The van der Waals surface area contributed by atoms with Gasteiger partial charge in [-0.3, -0.25) is 14.5 Å². The summed E-state index contributed by atoms with van der Waals surface area (Å²) in [5, 5.41) is 0. The molecule has 1 saturated carbocycles. The fraction of sp³-hybridized carbons (Fsp3) is 0.421. The van der Waals surface area contributed by atoms with Gasteiger partial charge in [-0.05, 0) is 92.9 Å². The summed E-state index contributed by atoms with van der Waals surface area (Å²) < 4.78 is 13.5. The summed E-state index contributed by atoms with van der Waals surface area (Å²) in [7, 11) is 1.85. The van der Waals surface area contributed by atoms with Crippen LogP contribution in [0.5, 0.6) is 5.75 Å². The minimum atomic E-state index is -0.733. The monoisotopic (exact) mass is 588 g/mol. The van der Waals surface area contributed by atoms with Gasteiger partial charge in [0.15, 0.2) is 0 Å². The second-order valence-electron chi connectivity index (χ2n) is 13.1. The highest BCUT2D eigenvalue weighted by atomic mass is 16.6. The number of carbonyl (C=O) groups is 2. The summed E-state index contributed by atoms with van der Waals surface area (Å²) in [6, 6.07) is 22.8. The summed E-state index contributed by atoms with van der Waals surface area (Å²) in [6.07, 6.45) is 3.55. The molecule has 7 rings (SSSR count). The van der Waals surface area contributed by atoms with Crippen molar-refractivity contribution >= 4 is 11.9 Å². The first-order chi connectivity index (χ1) is 21.2. The molecule has 2 fully saturated rings. The summed E-state index contributed by atoms with van der Waals surface area (Å²) in [5.41, 5.74) is 5.69. The number of likely N-dealkylation sites (N-methyl/N-ethyl adjacent to an activating group) is 1. The minimum Gasteiger partial charge on any atom is -0.487 e. The van der Waals surface area contributed by atoms with Crippen molar-refractivity contribution in [2.75, 3.05) is 20.1 Å². The smallest absolute Gasteiger partial charge is 0.303 e. The first-order valence-electron chi connectivity index (χ1n) is 15.9. The number of hydrogen-bond donors (Lipinski definition) is 0. The highest BCUT2D eigenvalue weighted by Gasteiger charge is 2.75. The quantitative estimate of drug-likeness (QED) is 0.305. The van der Waals surface area contributed by atoms with Crippen LogP contribution in [0.1, 0.15) is 59.6 Å². The molecule has 1 spiro atoms. The molecule has 1 amide bonds. The number of likely N-dealkylation sites (tertiary alicyclic amines) is 1. The van der Waals surface area contributed by atoms with E-state index >= 15 is 0 Å². The van der Waals surface area contributed by atoms with Crippen molar-refractivity contribution in [1.82, 2.24) is 9.80 Å². The normalized spacial score (nSPS) is 27.8. The number of ether oxygens (including phenoxy) is 2. The van der Waals surface area contributed by atoms with Crippen LogP contribution in [-0.2, 0) is 32.6 Å². The standard InChI is InChI=1S/C38H40N2O4/c1-25-13-14-29(23-26(25)2)15-16-34(42)39(4)31-17-19-38(44-27(3)41)33-24-30-11-8-12-32-35(30)37(38,36(31)43-32)20-22-40(33)21-18-28-9-6-5-7-10-28/h5-14,23,31,33,36H,17-22,24H2,1-4H3/t31-,33-,36+,37+,38-/m1/s1. The Hall–Kier alpha value is -4.08. The van der Waals surface area contributed by atoms with E-state index in [1.807, 2.05) is 31.3 Å². The molecule has 4 aliphatic rings. The third-order valence-corrected chi connectivity index (χ3v) is 10.9. The number of piperidine rings is 1. The molecule has 5 atom stereocenters. The van der Waals surface area contributed by atoms with Crippen molar-refractivity contribution in [3.05, 3.63) is 100 Å². The molecule has 2 aliphatic carbocycles. The molecule has 2 aliphatic heterocycles. The lowest BCUT2D eigenvalue weighted by Crippen LogP contribution is -2.79. The van der Waals surface area contributed by atoms with Crippen molar-refractivity contribution in [3.63, 3.8) is 0 Å². The second-order valence-corrected chi connectivity index (χ2v) is 13.1.